The number of methoxy groups -OCH3 is 1. The lowest BCUT2D eigenvalue weighted by atomic mass is 9.94. The highest BCUT2D eigenvalue weighted by molar-refractivity contribution is 5.62. The number of hydrogen-bond acceptors (Lipinski definition) is 11. The average molecular weight is 579 g/mol. The summed E-state index contributed by atoms with van der Waals surface area (Å²) in [5, 5.41) is 28.6. The highest BCUT2D eigenvalue weighted by Gasteiger charge is 2.46. The summed E-state index contributed by atoms with van der Waals surface area (Å²) in [7, 11) is 1.50. The van der Waals surface area contributed by atoms with Gasteiger partial charge in [0, 0.05) is 18.3 Å². The zero-order valence-electron chi connectivity index (χ0n) is 24.8. The van der Waals surface area contributed by atoms with Crippen LogP contribution in [0.25, 0.3) is 5.70 Å². The van der Waals surface area contributed by atoms with E-state index in [1.807, 2.05) is 26.0 Å². The number of rotatable bonds is 9. The molecule has 0 radical (unpaired) electrons. The third kappa shape index (κ3) is 8.03. The Balaban J connectivity index is 0.000000369. The Bertz CT molecular complexity index is 1370. The number of nitrogens with one attached hydrogen (secondary N) is 2. The van der Waals surface area contributed by atoms with E-state index in [0.717, 1.165) is 31.2 Å². The van der Waals surface area contributed by atoms with Crippen molar-refractivity contribution in [3.63, 3.8) is 0 Å². The Morgan fingerprint density at radius 1 is 1.29 bits per heavy atom. The van der Waals surface area contributed by atoms with E-state index >= 15 is 0 Å². The highest BCUT2D eigenvalue weighted by Crippen LogP contribution is 2.31. The second-order valence-electron chi connectivity index (χ2n) is 9.43. The molecule has 2 unspecified atom stereocenters. The van der Waals surface area contributed by atoms with E-state index in [1.54, 1.807) is 4.80 Å². The SMILES string of the molecule is C=NC(=C)c1ccc(F)cn1.C\C=C/C=C\C1=C(/C)NCC(c2nnn(CC)n2)(c2nnc(OC)o2)NC(CC)CC1. The molecule has 0 fully saturated rings. The van der Waals surface area contributed by atoms with Gasteiger partial charge >= 0.3 is 6.08 Å². The third-order valence-electron chi connectivity index (χ3n) is 6.68. The number of nitrogens with zero attached hydrogens (tertiary/aromatic N) is 8. The molecule has 42 heavy (non-hydrogen) atoms. The van der Waals surface area contributed by atoms with Crippen molar-refractivity contribution in [2.24, 2.45) is 4.99 Å². The molecule has 4 rings (SSSR count). The van der Waals surface area contributed by atoms with Gasteiger partial charge in [-0.05, 0) is 69.7 Å². The molecular formula is C29H39FN10O2. The van der Waals surface area contributed by atoms with Crippen LogP contribution in [0, 0.1) is 5.82 Å². The summed E-state index contributed by atoms with van der Waals surface area (Å²) in [4.78, 5) is 8.85. The lowest BCUT2D eigenvalue weighted by Crippen LogP contribution is -2.55. The number of allylic oxidation sites excluding steroid dienone is 6. The van der Waals surface area contributed by atoms with Crippen LogP contribution in [-0.2, 0) is 12.1 Å². The molecule has 0 bridgehead atoms. The van der Waals surface area contributed by atoms with Crippen LogP contribution in [0.1, 0.15) is 64.4 Å². The van der Waals surface area contributed by atoms with Crippen molar-refractivity contribution in [1.82, 2.24) is 46.0 Å². The topological polar surface area (TPSA) is 141 Å². The van der Waals surface area contributed by atoms with Crippen molar-refractivity contribution in [2.45, 2.75) is 65.1 Å². The van der Waals surface area contributed by atoms with Crippen LogP contribution >= 0.6 is 0 Å². The second-order valence-corrected chi connectivity index (χ2v) is 9.43. The first-order valence-electron chi connectivity index (χ1n) is 13.7. The molecule has 0 amide bonds. The van der Waals surface area contributed by atoms with Gasteiger partial charge in [-0.1, -0.05) is 42.9 Å². The van der Waals surface area contributed by atoms with Crippen LogP contribution in [0.3, 0.4) is 0 Å². The number of aromatic nitrogens is 7. The zero-order chi connectivity index (χ0) is 30.5. The first kappa shape index (κ1) is 32.0. The molecule has 13 heteroatoms. The minimum atomic E-state index is -0.957. The lowest BCUT2D eigenvalue weighted by molar-refractivity contribution is 0.221. The Morgan fingerprint density at radius 2 is 2.10 bits per heavy atom. The van der Waals surface area contributed by atoms with Crippen molar-refractivity contribution in [2.75, 3.05) is 13.7 Å². The van der Waals surface area contributed by atoms with E-state index in [0.29, 0.717) is 36.2 Å². The molecule has 2 atom stereocenters. The van der Waals surface area contributed by atoms with Crippen LogP contribution < -0.4 is 15.4 Å². The van der Waals surface area contributed by atoms with Gasteiger partial charge in [0.15, 0.2) is 5.54 Å². The summed E-state index contributed by atoms with van der Waals surface area (Å²) < 4.78 is 23.3. The molecule has 3 aromatic heterocycles. The van der Waals surface area contributed by atoms with Gasteiger partial charge in [0.05, 0.1) is 31.2 Å². The van der Waals surface area contributed by atoms with Gasteiger partial charge in [-0.15, -0.1) is 15.3 Å². The van der Waals surface area contributed by atoms with Crippen molar-refractivity contribution in [3.05, 3.63) is 83.7 Å². The fourth-order valence-electron chi connectivity index (χ4n) is 4.18. The number of tetrazole rings is 1. The van der Waals surface area contributed by atoms with E-state index in [9.17, 15) is 4.39 Å². The molecule has 1 aliphatic heterocycles. The monoisotopic (exact) mass is 578 g/mol. The summed E-state index contributed by atoms with van der Waals surface area (Å²) in [6.45, 7) is 16.1. The summed E-state index contributed by atoms with van der Waals surface area (Å²) in [5.41, 5.74) is 2.37. The number of halogens is 1. The molecule has 2 N–H and O–H groups in total. The second kappa shape index (κ2) is 15.5. The van der Waals surface area contributed by atoms with Gasteiger partial charge in [0.2, 0.25) is 11.7 Å². The predicted octanol–water partition coefficient (Wildman–Crippen LogP) is 4.38. The summed E-state index contributed by atoms with van der Waals surface area (Å²) in [6, 6.07) is 2.98. The minimum Gasteiger partial charge on any atom is -0.452 e. The van der Waals surface area contributed by atoms with Crippen molar-refractivity contribution < 1.29 is 13.5 Å². The predicted molar refractivity (Wildman–Crippen MR) is 159 cm³/mol. The molecule has 0 saturated heterocycles. The first-order chi connectivity index (χ1) is 20.3. The molecule has 0 spiro atoms. The maximum absolute atomic E-state index is 12.3. The normalized spacial score (nSPS) is 21.1. The zero-order valence-corrected chi connectivity index (χ0v) is 24.8. The maximum Gasteiger partial charge on any atom is 0.414 e. The van der Waals surface area contributed by atoms with Crippen LogP contribution in [-0.4, -0.2) is 61.8 Å². The maximum atomic E-state index is 12.3. The van der Waals surface area contributed by atoms with Gasteiger partial charge in [-0.25, -0.2) is 4.39 Å². The molecule has 3 aromatic rings. The van der Waals surface area contributed by atoms with Crippen molar-refractivity contribution >= 4 is 12.4 Å². The van der Waals surface area contributed by atoms with Crippen LogP contribution in [0.15, 0.2) is 69.9 Å². The molecule has 0 aromatic carbocycles. The third-order valence-corrected chi connectivity index (χ3v) is 6.68. The van der Waals surface area contributed by atoms with E-state index in [1.165, 1.54) is 24.8 Å². The van der Waals surface area contributed by atoms with E-state index < -0.39 is 5.54 Å². The molecule has 12 nitrogen and oxygen atoms in total. The number of ether oxygens (including phenoxy) is 1. The quantitative estimate of drug-likeness (QED) is 0.278. The molecule has 0 saturated carbocycles. The van der Waals surface area contributed by atoms with Crippen LogP contribution in [0.4, 0.5) is 4.39 Å². The average Bonchev–Trinajstić information content (AvgIpc) is 3.71. The van der Waals surface area contributed by atoms with Crippen LogP contribution in [0.5, 0.6) is 6.08 Å². The van der Waals surface area contributed by atoms with Crippen molar-refractivity contribution in [1.29, 1.82) is 0 Å². The number of aliphatic imine (C=N–C) groups is 1. The van der Waals surface area contributed by atoms with E-state index in [4.69, 9.17) is 9.15 Å². The van der Waals surface area contributed by atoms with Crippen LogP contribution in [0.2, 0.25) is 0 Å². The Hall–Kier alpha value is -4.52. The molecule has 1 aliphatic rings. The van der Waals surface area contributed by atoms with Gasteiger partial charge in [0.1, 0.15) is 5.82 Å². The highest BCUT2D eigenvalue weighted by atomic mass is 19.1. The lowest BCUT2D eigenvalue weighted by Gasteiger charge is -2.32. The number of hydrogen-bond donors (Lipinski definition) is 2. The molecule has 0 aliphatic carbocycles. The summed E-state index contributed by atoms with van der Waals surface area (Å²) in [6.07, 6.45) is 12.3. The molecule has 224 valence electrons. The molecular weight excluding hydrogens is 539 g/mol. The Labute approximate surface area is 245 Å². The number of aryl methyl sites for hydroxylation is 1. The Kier molecular flexibility index (Phi) is 11.8. The number of pyridine rings is 1. The Morgan fingerprint density at radius 3 is 2.69 bits per heavy atom. The van der Waals surface area contributed by atoms with E-state index in [-0.39, 0.29) is 17.9 Å². The van der Waals surface area contributed by atoms with E-state index in [2.05, 4.69) is 85.5 Å². The van der Waals surface area contributed by atoms with Gasteiger partial charge in [-0.2, -0.15) is 4.80 Å². The first-order valence-corrected chi connectivity index (χ1v) is 13.7. The fourth-order valence-corrected chi connectivity index (χ4v) is 4.18. The van der Waals surface area contributed by atoms with Crippen molar-refractivity contribution in [3.8, 4) is 6.08 Å². The summed E-state index contributed by atoms with van der Waals surface area (Å²) in [5.74, 6) is 0.449. The minimum absolute atomic E-state index is 0.0919. The molecule has 4 heterocycles. The standard InChI is InChI=1S/C21H32N8O2.C8H7FN2/c1-6-9-10-11-16-12-13-17(7-2)23-21(14-22-15(16)4,18-24-28-29(8-3)27-18)19-25-26-20(30-5)31-19;1-6(10-2)8-4-3-7(9)5-11-8/h6,9-11,17,22-23H,7-8,12-14H2,1-5H3;3-5H,1-2H2/b9-6-,11-10-,16-15-;. The smallest absolute Gasteiger partial charge is 0.414 e. The summed E-state index contributed by atoms with van der Waals surface area (Å²) >= 11 is 0. The largest absolute Gasteiger partial charge is 0.452 e. The fraction of sp³-hybridized carbons (Fsp3) is 0.414. The van der Waals surface area contributed by atoms with Gasteiger partial charge < -0.3 is 14.5 Å². The van der Waals surface area contributed by atoms with Gasteiger partial charge in [0.25, 0.3) is 0 Å². The van der Waals surface area contributed by atoms with Gasteiger partial charge in [-0.3, -0.25) is 15.3 Å².